The van der Waals surface area contributed by atoms with Crippen molar-refractivity contribution in [2.75, 3.05) is 12.4 Å². The molecule has 3 heterocycles. The molecule has 5 nitrogen and oxygen atoms in total. The normalized spacial score (nSPS) is 10.9. The van der Waals surface area contributed by atoms with E-state index in [1.807, 2.05) is 42.7 Å². The number of anilines is 1. The van der Waals surface area contributed by atoms with Gasteiger partial charge in [0.25, 0.3) is 0 Å². The van der Waals surface area contributed by atoms with Crippen molar-refractivity contribution in [2.45, 2.75) is 13.0 Å². The van der Waals surface area contributed by atoms with Gasteiger partial charge in [-0.05, 0) is 41.0 Å². The van der Waals surface area contributed by atoms with Gasteiger partial charge in [0.2, 0.25) is 0 Å². The van der Waals surface area contributed by atoms with Crippen LogP contribution in [0.15, 0.2) is 61.1 Å². The van der Waals surface area contributed by atoms with Gasteiger partial charge in [0.15, 0.2) is 0 Å². The van der Waals surface area contributed by atoms with Crippen LogP contribution in [-0.2, 0) is 13.0 Å². The van der Waals surface area contributed by atoms with Crippen LogP contribution < -0.4 is 10.1 Å². The molecule has 0 spiro atoms. The Kier molecular flexibility index (Phi) is 4.94. The number of pyridine rings is 2. The third kappa shape index (κ3) is 3.73. The summed E-state index contributed by atoms with van der Waals surface area (Å²) in [6.07, 6.45) is 6.50. The van der Waals surface area contributed by atoms with Crippen LogP contribution >= 0.6 is 11.6 Å². The Labute approximate surface area is 162 Å². The summed E-state index contributed by atoms with van der Waals surface area (Å²) in [5.74, 6) is 1.48. The fraction of sp³-hybridized carbons (Fsp3) is 0.143. The number of hydrogen-bond donors (Lipinski definition) is 2. The SMILES string of the molecule is COc1cccc(CNc2ccc(Cc3c[nH]c4ncccc34)cn2)c1Cl. The first-order valence-corrected chi connectivity index (χ1v) is 9.03. The molecule has 27 heavy (non-hydrogen) atoms. The van der Waals surface area contributed by atoms with Gasteiger partial charge in [0.05, 0.1) is 12.1 Å². The van der Waals surface area contributed by atoms with E-state index in [-0.39, 0.29) is 0 Å². The molecule has 0 bridgehead atoms. The van der Waals surface area contributed by atoms with Crippen LogP contribution in [0.4, 0.5) is 5.82 Å². The van der Waals surface area contributed by atoms with Gasteiger partial charge in [-0.3, -0.25) is 0 Å². The van der Waals surface area contributed by atoms with E-state index >= 15 is 0 Å². The second kappa shape index (κ2) is 7.68. The number of ether oxygens (including phenoxy) is 1. The zero-order valence-electron chi connectivity index (χ0n) is 14.9. The third-order valence-corrected chi connectivity index (χ3v) is 4.91. The summed E-state index contributed by atoms with van der Waals surface area (Å²) in [5.41, 5.74) is 4.23. The predicted molar refractivity (Wildman–Crippen MR) is 108 cm³/mol. The van der Waals surface area contributed by atoms with Crippen LogP contribution in [0.5, 0.6) is 5.75 Å². The second-order valence-corrected chi connectivity index (χ2v) is 6.61. The van der Waals surface area contributed by atoms with E-state index in [1.165, 1.54) is 5.56 Å². The fourth-order valence-electron chi connectivity index (χ4n) is 3.05. The lowest BCUT2D eigenvalue weighted by Crippen LogP contribution is -2.03. The maximum atomic E-state index is 6.33. The first-order chi connectivity index (χ1) is 13.2. The first-order valence-electron chi connectivity index (χ1n) is 8.66. The summed E-state index contributed by atoms with van der Waals surface area (Å²) in [4.78, 5) is 12.1. The number of H-pyrrole nitrogens is 1. The molecule has 0 fully saturated rings. The zero-order chi connectivity index (χ0) is 18.6. The molecule has 0 aliphatic carbocycles. The molecule has 2 N–H and O–H groups in total. The molecule has 0 amide bonds. The second-order valence-electron chi connectivity index (χ2n) is 6.23. The topological polar surface area (TPSA) is 62.8 Å². The molecule has 3 aromatic heterocycles. The molecule has 0 aliphatic rings. The Balaban J connectivity index is 1.43. The van der Waals surface area contributed by atoms with Crippen molar-refractivity contribution in [3.05, 3.63) is 82.8 Å². The van der Waals surface area contributed by atoms with E-state index in [9.17, 15) is 0 Å². The van der Waals surface area contributed by atoms with E-state index in [4.69, 9.17) is 16.3 Å². The van der Waals surface area contributed by atoms with Crippen molar-refractivity contribution in [1.82, 2.24) is 15.0 Å². The standard InChI is InChI=1S/C21H19ClN4O/c1-27-18-6-2-4-15(20(18)22)12-25-19-8-7-14(11-24-19)10-16-13-26-21-17(16)5-3-9-23-21/h2-9,11,13H,10,12H2,1H3,(H,23,26)(H,24,25). The minimum atomic E-state index is 0.580. The number of halogens is 1. The van der Waals surface area contributed by atoms with Crippen LogP contribution in [0.25, 0.3) is 11.0 Å². The van der Waals surface area contributed by atoms with Crippen LogP contribution in [0.3, 0.4) is 0 Å². The zero-order valence-corrected chi connectivity index (χ0v) is 15.6. The Morgan fingerprint density at radius 2 is 2.00 bits per heavy atom. The molecular formula is C21H19ClN4O. The summed E-state index contributed by atoms with van der Waals surface area (Å²) in [7, 11) is 1.61. The Morgan fingerprint density at radius 1 is 1.07 bits per heavy atom. The Hall–Kier alpha value is -3.05. The number of hydrogen-bond acceptors (Lipinski definition) is 4. The minimum Gasteiger partial charge on any atom is -0.495 e. The molecule has 0 radical (unpaired) electrons. The average molecular weight is 379 g/mol. The molecule has 4 rings (SSSR count). The molecule has 0 saturated heterocycles. The largest absolute Gasteiger partial charge is 0.495 e. The van der Waals surface area contributed by atoms with E-state index in [0.29, 0.717) is 17.3 Å². The van der Waals surface area contributed by atoms with Crippen LogP contribution in [-0.4, -0.2) is 22.1 Å². The molecule has 6 heteroatoms. The predicted octanol–water partition coefficient (Wildman–Crippen LogP) is 4.82. The molecule has 0 saturated carbocycles. The highest BCUT2D eigenvalue weighted by Crippen LogP contribution is 2.28. The summed E-state index contributed by atoms with van der Waals surface area (Å²) in [5, 5.41) is 5.07. The molecule has 0 atom stereocenters. The molecule has 1 aromatic carbocycles. The van der Waals surface area contributed by atoms with Gasteiger partial charge in [-0.25, -0.2) is 9.97 Å². The first kappa shape index (κ1) is 17.4. The number of methoxy groups -OCH3 is 1. The number of rotatable bonds is 6. The smallest absolute Gasteiger partial charge is 0.137 e. The lowest BCUT2D eigenvalue weighted by molar-refractivity contribution is 0.414. The Bertz CT molecular complexity index is 1060. The van der Waals surface area contributed by atoms with Crippen molar-refractivity contribution in [1.29, 1.82) is 0 Å². The summed E-state index contributed by atoms with van der Waals surface area (Å²) in [6, 6.07) is 13.8. The van der Waals surface area contributed by atoms with Gasteiger partial charge in [0, 0.05) is 36.9 Å². The van der Waals surface area contributed by atoms with E-state index in [0.717, 1.165) is 34.4 Å². The van der Waals surface area contributed by atoms with Crippen LogP contribution in [0.1, 0.15) is 16.7 Å². The number of benzene rings is 1. The minimum absolute atomic E-state index is 0.580. The van der Waals surface area contributed by atoms with Gasteiger partial charge < -0.3 is 15.0 Å². The van der Waals surface area contributed by atoms with Crippen molar-refractivity contribution >= 4 is 28.5 Å². The summed E-state index contributed by atoms with van der Waals surface area (Å²) in [6.45, 7) is 0.580. The fourth-order valence-corrected chi connectivity index (χ4v) is 3.32. The third-order valence-electron chi connectivity index (χ3n) is 4.48. The van der Waals surface area contributed by atoms with Gasteiger partial charge >= 0.3 is 0 Å². The maximum Gasteiger partial charge on any atom is 0.137 e. The highest BCUT2D eigenvalue weighted by Gasteiger charge is 2.07. The quantitative estimate of drug-likeness (QED) is 0.504. The van der Waals surface area contributed by atoms with Crippen LogP contribution in [0, 0.1) is 0 Å². The molecule has 0 aliphatic heterocycles. The monoisotopic (exact) mass is 378 g/mol. The maximum absolute atomic E-state index is 6.33. The molecule has 4 aromatic rings. The number of aromatic amines is 1. The van der Waals surface area contributed by atoms with Crippen molar-refractivity contribution < 1.29 is 4.74 Å². The van der Waals surface area contributed by atoms with Crippen molar-refractivity contribution in [2.24, 2.45) is 0 Å². The number of fused-ring (bicyclic) bond motifs is 1. The highest BCUT2D eigenvalue weighted by atomic mass is 35.5. The lowest BCUT2D eigenvalue weighted by atomic mass is 10.1. The molecule has 0 unspecified atom stereocenters. The lowest BCUT2D eigenvalue weighted by Gasteiger charge is -2.10. The van der Waals surface area contributed by atoms with E-state index in [2.05, 4.69) is 32.4 Å². The highest BCUT2D eigenvalue weighted by molar-refractivity contribution is 6.32. The van der Waals surface area contributed by atoms with E-state index < -0.39 is 0 Å². The van der Waals surface area contributed by atoms with Gasteiger partial charge in [-0.2, -0.15) is 0 Å². The average Bonchev–Trinajstić information content (AvgIpc) is 3.11. The Morgan fingerprint density at radius 3 is 2.81 bits per heavy atom. The number of nitrogens with zero attached hydrogens (tertiary/aromatic N) is 2. The van der Waals surface area contributed by atoms with Gasteiger partial charge in [0.1, 0.15) is 17.2 Å². The molecule has 136 valence electrons. The summed E-state index contributed by atoms with van der Waals surface area (Å²) < 4.78 is 5.25. The van der Waals surface area contributed by atoms with Crippen molar-refractivity contribution in [3.8, 4) is 5.75 Å². The van der Waals surface area contributed by atoms with Crippen LogP contribution in [0.2, 0.25) is 5.02 Å². The van der Waals surface area contributed by atoms with Crippen molar-refractivity contribution in [3.63, 3.8) is 0 Å². The van der Waals surface area contributed by atoms with Gasteiger partial charge in [-0.1, -0.05) is 29.8 Å². The number of nitrogens with one attached hydrogen (secondary N) is 2. The molecular weight excluding hydrogens is 360 g/mol. The number of aromatic nitrogens is 3. The van der Waals surface area contributed by atoms with Gasteiger partial charge in [-0.15, -0.1) is 0 Å². The van der Waals surface area contributed by atoms with E-state index in [1.54, 1.807) is 13.3 Å². The summed E-state index contributed by atoms with van der Waals surface area (Å²) >= 11 is 6.33.